The largest absolute Gasteiger partial charge is 0.497 e. The van der Waals surface area contributed by atoms with E-state index in [-0.39, 0.29) is 17.7 Å². The fourth-order valence-corrected chi connectivity index (χ4v) is 3.06. The summed E-state index contributed by atoms with van der Waals surface area (Å²) in [6.07, 6.45) is 0.965. The SMILES string of the molecule is COc1ccc([C@@H]2C(=O)NCC[C@@H]2c2ccccc2)cc1. The molecule has 0 spiro atoms. The molecule has 1 fully saturated rings. The van der Waals surface area contributed by atoms with Gasteiger partial charge in [-0.2, -0.15) is 0 Å². The Morgan fingerprint density at radius 2 is 1.71 bits per heavy atom. The maximum absolute atomic E-state index is 12.4. The highest BCUT2D eigenvalue weighted by Gasteiger charge is 2.34. The summed E-state index contributed by atoms with van der Waals surface area (Å²) in [7, 11) is 1.65. The van der Waals surface area contributed by atoms with Gasteiger partial charge in [-0.05, 0) is 29.7 Å². The summed E-state index contributed by atoms with van der Waals surface area (Å²) < 4.78 is 5.19. The van der Waals surface area contributed by atoms with Crippen LogP contribution in [-0.2, 0) is 4.79 Å². The molecule has 1 aliphatic heterocycles. The monoisotopic (exact) mass is 281 g/mol. The minimum Gasteiger partial charge on any atom is -0.497 e. The van der Waals surface area contributed by atoms with Gasteiger partial charge < -0.3 is 10.1 Å². The summed E-state index contributed by atoms with van der Waals surface area (Å²) in [6, 6.07) is 18.1. The van der Waals surface area contributed by atoms with E-state index in [4.69, 9.17) is 4.74 Å². The first-order valence-electron chi connectivity index (χ1n) is 7.26. The van der Waals surface area contributed by atoms with Gasteiger partial charge in [-0.15, -0.1) is 0 Å². The van der Waals surface area contributed by atoms with Crippen LogP contribution in [-0.4, -0.2) is 19.6 Å². The van der Waals surface area contributed by atoms with E-state index in [2.05, 4.69) is 17.4 Å². The molecule has 1 saturated heterocycles. The molecular formula is C18H19NO2. The van der Waals surface area contributed by atoms with E-state index in [0.717, 1.165) is 24.3 Å². The molecule has 3 nitrogen and oxygen atoms in total. The second-order valence-electron chi connectivity index (χ2n) is 5.35. The third-order valence-electron chi connectivity index (χ3n) is 4.14. The molecule has 1 amide bonds. The number of hydrogen-bond acceptors (Lipinski definition) is 2. The Kier molecular flexibility index (Phi) is 3.91. The van der Waals surface area contributed by atoms with E-state index in [9.17, 15) is 4.79 Å². The first-order valence-corrected chi connectivity index (χ1v) is 7.26. The van der Waals surface area contributed by atoms with Gasteiger partial charge in [-0.1, -0.05) is 42.5 Å². The molecule has 0 radical (unpaired) electrons. The number of piperidine rings is 1. The Labute approximate surface area is 124 Å². The fourth-order valence-electron chi connectivity index (χ4n) is 3.06. The Morgan fingerprint density at radius 3 is 2.38 bits per heavy atom. The van der Waals surface area contributed by atoms with Crippen molar-refractivity contribution in [2.24, 2.45) is 0 Å². The van der Waals surface area contributed by atoms with E-state index in [1.54, 1.807) is 7.11 Å². The van der Waals surface area contributed by atoms with Crippen LogP contribution in [0.15, 0.2) is 54.6 Å². The number of benzene rings is 2. The van der Waals surface area contributed by atoms with Crippen LogP contribution < -0.4 is 10.1 Å². The maximum atomic E-state index is 12.4. The zero-order chi connectivity index (χ0) is 14.7. The molecular weight excluding hydrogens is 262 g/mol. The molecule has 2 aromatic carbocycles. The molecule has 2 atom stereocenters. The summed E-state index contributed by atoms with van der Waals surface area (Å²) in [6.45, 7) is 0.741. The quantitative estimate of drug-likeness (QED) is 0.939. The van der Waals surface area contributed by atoms with Crippen LogP contribution in [0.3, 0.4) is 0 Å². The Bertz CT molecular complexity index is 607. The first kappa shape index (κ1) is 13.7. The van der Waals surface area contributed by atoms with Crippen LogP contribution in [0.4, 0.5) is 0 Å². The lowest BCUT2D eigenvalue weighted by Gasteiger charge is -2.31. The minimum atomic E-state index is -0.132. The van der Waals surface area contributed by atoms with Crippen molar-refractivity contribution in [3.63, 3.8) is 0 Å². The molecule has 3 heteroatoms. The van der Waals surface area contributed by atoms with Crippen LogP contribution in [0.5, 0.6) is 5.75 Å². The van der Waals surface area contributed by atoms with Crippen molar-refractivity contribution in [3.8, 4) is 5.75 Å². The molecule has 0 aromatic heterocycles. The zero-order valence-electron chi connectivity index (χ0n) is 12.1. The lowest BCUT2D eigenvalue weighted by atomic mass is 9.77. The van der Waals surface area contributed by atoms with E-state index in [1.165, 1.54) is 5.56 Å². The van der Waals surface area contributed by atoms with Gasteiger partial charge in [0.15, 0.2) is 0 Å². The average molecular weight is 281 g/mol. The maximum Gasteiger partial charge on any atom is 0.228 e. The van der Waals surface area contributed by atoms with Gasteiger partial charge in [0.1, 0.15) is 5.75 Å². The summed E-state index contributed by atoms with van der Waals surface area (Å²) in [5, 5.41) is 2.99. The number of carbonyl (C=O) groups excluding carboxylic acids is 1. The lowest BCUT2D eigenvalue weighted by molar-refractivity contribution is -0.124. The van der Waals surface area contributed by atoms with Crippen LogP contribution in [0.25, 0.3) is 0 Å². The van der Waals surface area contributed by atoms with Crippen molar-refractivity contribution in [2.45, 2.75) is 18.3 Å². The fraction of sp³-hybridized carbons (Fsp3) is 0.278. The molecule has 0 aliphatic carbocycles. The Morgan fingerprint density at radius 1 is 1.00 bits per heavy atom. The van der Waals surface area contributed by atoms with Crippen molar-refractivity contribution in [1.82, 2.24) is 5.32 Å². The number of methoxy groups -OCH3 is 1. The van der Waals surface area contributed by atoms with Crippen molar-refractivity contribution < 1.29 is 9.53 Å². The predicted octanol–water partition coefficient (Wildman–Crippen LogP) is 3.08. The standard InChI is InChI=1S/C18H19NO2/c1-21-15-9-7-14(8-10-15)17-16(11-12-19-18(17)20)13-5-3-2-4-6-13/h2-10,16-17H,11-12H2,1H3,(H,19,20)/t16-,17+/m1/s1. The highest BCUT2D eigenvalue weighted by Crippen LogP contribution is 2.38. The van der Waals surface area contributed by atoms with Gasteiger partial charge in [0, 0.05) is 12.5 Å². The molecule has 0 unspecified atom stereocenters. The van der Waals surface area contributed by atoms with Crippen molar-refractivity contribution >= 4 is 5.91 Å². The second-order valence-corrected chi connectivity index (χ2v) is 5.35. The van der Waals surface area contributed by atoms with Gasteiger partial charge in [0.25, 0.3) is 0 Å². The van der Waals surface area contributed by atoms with Gasteiger partial charge >= 0.3 is 0 Å². The molecule has 0 saturated carbocycles. The summed E-state index contributed by atoms with van der Waals surface area (Å²) >= 11 is 0. The molecule has 0 bridgehead atoms. The predicted molar refractivity (Wildman–Crippen MR) is 82.5 cm³/mol. The molecule has 21 heavy (non-hydrogen) atoms. The Balaban J connectivity index is 1.96. The molecule has 1 heterocycles. The molecule has 3 rings (SSSR count). The lowest BCUT2D eigenvalue weighted by Crippen LogP contribution is -2.39. The number of ether oxygens (including phenoxy) is 1. The van der Waals surface area contributed by atoms with Crippen LogP contribution in [0.2, 0.25) is 0 Å². The van der Waals surface area contributed by atoms with Gasteiger partial charge in [0.05, 0.1) is 13.0 Å². The highest BCUT2D eigenvalue weighted by molar-refractivity contribution is 5.85. The van der Waals surface area contributed by atoms with Crippen LogP contribution in [0, 0.1) is 0 Å². The first-order chi connectivity index (χ1) is 10.3. The molecule has 2 aromatic rings. The van der Waals surface area contributed by atoms with E-state index in [1.807, 2.05) is 42.5 Å². The third kappa shape index (κ3) is 2.77. The summed E-state index contributed by atoms with van der Waals surface area (Å²) in [4.78, 5) is 12.4. The van der Waals surface area contributed by atoms with Crippen LogP contribution in [0.1, 0.15) is 29.4 Å². The Hall–Kier alpha value is -2.29. The van der Waals surface area contributed by atoms with Crippen molar-refractivity contribution in [1.29, 1.82) is 0 Å². The number of amides is 1. The molecule has 1 aliphatic rings. The van der Waals surface area contributed by atoms with Gasteiger partial charge in [-0.25, -0.2) is 0 Å². The van der Waals surface area contributed by atoms with Gasteiger partial charge in [-0.3, -0.25) is 4.79 Å². The minimum absolute atomic E-state index is 0.111. The van der Waals surface area contributed by atoms with Gasteiger partial charge in [0.2, 0.25) is 5.91 Å². The van der Waals surface area contributed by atoms with Crippen molar-refractivity contribution in [3.05, 3.63) is 65.7 Å². The number of hydrogen-bond donors (Lipinski definition) is 1. The van der Waals surface area contributed by atoms with Crippen molar-refractivity contribution in [2.75, 3.05) is 13.7 Å². The third-order valence-corrected chi connectivity index (χ3v) is 4.14. The van der Waals surface area contributed by atoms with E-state index in [0.29, 0.717) is 0 Å². The van der Waals surface area contributed by atoms with Crippen LogP contribution >= 0.6 is 0 Å². The smallest absolute Gasteiger partial charge is 0.228 e. The number of nitrogens with one attached hydrogen (secondary N) is 1. The van der Waals surface area contributed by atoms with E-state index < -0.39 is 0 Å². The van der Waals surface area contributed by atoms with E-state index >= 15 is 0 Å². The normalized spacial score (nSPS) is 21.7. The average Bonchev–Trinajstić information content (AvgIpc) is 2.55. The number of carbonyl (C=O) groups is 1. The zero-order valence-corrected chi connectivity index (χ0v) is 12.1. The summed E-state index contributed by atoms with van der Waals surface area (Å²) in [5.41, 5.74) is 2.27. The number of rotatable bonds is 3. The topological polar surface area (TPSA) is 38.3 Å². The molecule has 108 valence electrons. The summed E-state index contributed by atoms with van der Waals surface area (Å²) in [5.74, 6) is 1.02. The molecule has 1 N–H and O–H groups in total. The highest BCUT2D eigenvalue weighted by atomic mass is 16.5. The second kappa shape index (κ2) is 6.00.